The minimum atomic E-state index is -0.927. The van der Waals surface area contributed by atoms with Crippen molar-refractivity contribution in [1.29, 1.82) is 0 Å². The molecule has 0 radical (unpaired) electrons. The van der Waals surface area contributed by atoms with Gasteiger partial charge in [0.1, 0.15) is 12.0 Å². The maximum atomic E-state index is 10.6. The van der Waals surface area contributed by atoms with E-state index in [0.29, 0.717) is 5.82 Å². The fourth-order valence-corrected chi connectivity index (χ4v) is 1.83. The van der Waals surface area contributed by atoms with Gasteiger partial charge in [0, 0.05) is 18.7 Å². The van der Waals surface area contributed by atoms with Gasteiger partial charge >= 0.3 is 5.97 Å². The number of halogens is 1. The summed E-state index contributed by atoms with van der Waals surface area (Å²) in [5.74, 6) is -0.577. The standard InChI is InChI=1S/C11H14ClN3O4/c1-7(2)14(4-3-10(16)17)11-9(12)5-8(6-13-11)15(18)19/h5-7H,3-4H2,1-2H3,(H,16,17). The highest BCUT2D eigenvalue weighted by Crippen LogP contribution is 2.28. The smallest absolute Gasteiger partial charge is 0.305 e. The van der Waals surface area contributed by atoms with Crippen LogP contribution in [0.1, 0.15) is 20.3 Å². The summed E-state index contributed by atoms with van der Waals surface area (Å²) in [5, 5.41) is 19.4. The molecule has 0 aliphatic heterocycles. The summed E-state index contributed by atoms with van der Waals surface area (Å²) in [7, 11) is 0. The van der Waals surface area contributed by atoms with E-state index in [4.69, 9.17) is 16.7 Å². The molecule has 0 aliphatic rings. The number of carbonyl (C=O) groups is 1. The van der Waals surface area contributed by atoms with Crippen LogP contribution in [0.2, 0.25) is 5.02 Å². The molecule has 8 heteroatoms. The number of pyridine rings is 1. The lowest BCUT2D eigenvalue weighted by molar-refractivity contribution is -0.385. The molecule has 7 nitrogen and oxygen atoms in total. The number of rotatable bonds is 6. The third kappa shape index (κ3) is 4.06. The molecule has 1 N–H and O–H groups in total. The Morgan fingerprint density at radius 1 is 1.63 bits per heavy atom. The highest BCUT2D eigenvalue weighted by molar-refractivity contribution is 6.33. The van der Waals surface area contributed by atoms with Crippen LogP contribution in [0.25, 0.3) is 0 Å². The van der Waals surface area contributed by atoms with E-state index in [-0.39, 0.29) is 29.7 Å². The fraction of sp³-hybridized carbons (Fsp3) is 0.455. The van der Waals surface area contributed by atoms with Crippen molar-refractivity contribution in [1.82, 2.24) is 4.98 Å². The van der Waals surface area contributed by atoms with E-state index in [1.807, 2.05) is 13.8 Å². The van der Waals surface area contributed by atoms with E-state index >= 15 is 0 Å². The predicted octanol–water partition coefficient (Wildman–Crippen LogP) is 2.33. The molecule has 0 saturated heterocycles. The van der Waals surface area contributed by atoms with E-state index in [2.05, 4.69) is 4.98 Å². The van der Waals surface area contributed by atoms with Gasteiger partial charge in [-0.3, -0.25) is 14.9 Å². The Kier molecular flexibility index (Phi) is 5.05. The summed E-state index contributed by atoms with van der Waals surface area (Å²) in [6.07, 6.45) is 1.05. The molecule has 1 aromatic rings. The molecule has 0 bridgehead atoms. The van der Waals surface area contributed by atoms with Crippen LogP contribution in [0.15, 0.2) is 12.3 Å². The minimum Gasteiger partial charge on any atom is -0.481 e. The van der Waals surface area contributed by atoms with Crippen LogP contribution < -0.4 is 4.90 Å². The van der Waals surface area contributed by atoms with E-state index < -0.39 is 10.9 Å². The van der Waals surface area contributed by atoms with E-state index in [1.54, 1.807) is 4.90 Å². The lowest BCUT2D eigenvalue weighted by Crippen LogP contribution is -2.33. The van der Waals surface area contributed by atoms with Crippen LogP contribution >= 0.6 is 11.6 Å². The summed E-state index contributed by atoms with van der Waals surface area (Å²) in [6.45, 7) is 3.96. The number of hydrogen-bond acceptors (Lipinski definition) is 5. The second-order valence-electron chi connectivity index (χ2n) is 4.19. The molecule has 1 aromatic heterocycles. The van der Waals surface area contributed by atoms with Crippen LogP contribution in [0.5, 0.6) is 0 Å². The van der Waals surface area contributed by atoms with Crippen molar-refractivity contribution in [3.8, 4) is 0 Å². The van der Waals surface area contributed by atoms with Gasteiger partial charge in [0.05, 0.1) is 16.4 Å². The Hall–Kier alpha value is -1.89. The van der Waals surface area contributed by atoms with Crippen LogP contribution in [0.4, 0.5) is 11.5 Å². The molecule has 0 atom stereocenters. The first kappa shape index (κ1) is 15.2. The molecule has 0 spiro atoms. The number of carboxylic acid groups (broad SMARTS) is 1. The van der Waals surface area contributed by atoms with Gasteiger partial charge in [-0.25, -0.2) is 4.98 Å². The molecule has 0 aromatic carbocycles. The molecule has 0 saturated carbocycles. The normalized spacial score (nSPS) is 10.5. The summed E-state index contributed by atoms with van der Waals surface area (Å²) < 4.78 is 0. The van der Waals surface area contributed by atoms with Crippen molar-refractivity contribution >= 4 is 29.1 Å². The lowest BCUT2D eigenvalue weighted by Gasteiger charge is -2.27. The Bertz CT molecular complexity index is 493. The van der Waals surface area contributed by atoms with E-state index in [0.717, 1.165) is 6.20 Å². The quantitative estimate of drug-likeness (QED) is 0.637. The Morgan fingerprint density at radius 3 is 2.68 bits per heavy atom. The number of nitrogens with zero attached hydrogens (tertiary/aromatic N) is 3. The van der Waals surface area contributed by atoms with Crippen LogP contribution in [-0.2, 0) is 4.79 Å². The van der Waals surface area contributed by atoms with Crippen molar-refractivity contribution in [2.75, 3.05) is 11.4 Å². The number of hydrogen-bond donors (Lipinski definition) is 1. The number of anilines is 1. The first-order valence-corrected chi connectivity index (χ1v) is 5.99. The highest BCUT2D eigenvalue weighted by Gasteiger charge is 2.19. The molecule has 19 heavy (non-hydrogen) atoms. The summed E-state index contributed by atoms with van der Waals surface area (Å²) in [6, 6.07) is 1.19. The molecule has 104 valence electrons. The maximum Gasteiger partial charge on any atom is 0.305 e. The monoisotopic (exact) mass is 287 g/mol. The Morgan fingerprint density at radius 2 is 2.26 bits per heavy atom. The molecular formula is C11H14ClN3O4. The zero-order chi connectivity index (χ0) is 14.6. The Labute approximate surface area is 115 Å². The summed E-state index contributed by atoms with van der Waals surface area (Å²) in [4.78, 5) is 26.3. The van der Waals surface area contributed by atoms with Gasteiger partial charge in [-0.15, -0.1) is 0 Å². The van der Waals surface area contributed by atoms with Crippen molar-refractivity contribution in [3.63, 3.8) is 0 Å². The van der Waals surface area contributed by atoms with Gasteiger partial charge in [0.25, 0.3) is 5.69 Å². The van der Waals surface area contributed by atoms with Gasteiger partial charge < -0.3 is 10.0 Å². The first-order chi connectivity index (χ1) is 8.82. The van der Waals surface area contributed by atoms with E-state index in [9.17, 15) is 14.9 Å². The van der Waals surface area contributed by atoms with Crippen molar-refractivity contribution in [3.05, 3.63) is 27.4 Å². The van der Waals surface area contributed by atoms with Crippen molar-refractivity contribution < 1.29 is 14.8 Å². The third-order valence-corrected chi connectivity index (χ3v) is 2.76. The average molecular weight is 288 g/mol. The zero-order valence-corrected chi connectivity index (χ0v) is 11.3. The van der Waals surface area contributed by atoms with Crippen molar-refractivity contribution in [2.24, 2.45) is 0 Å². The second kappa shape index (κ2) is 6.33. The second-order valence-corrected chi connectivity index (χ2v) is 4.59. The van der Waals surface area contributed by atoms with Gasteiger partial charge in [0.2, 0.25) is 0 Å². The fourth-order valence-electron chi connectivity index (χ4n) is 1.56. The largest absolute Gasteiger partial charge is 0.481 e. The number of nitro groups is 1. The summed E-state index contributed by atoms with van der Waals surface area (Å²) >= 11 is 5.97. The minimum absolute atomic E-state index is 0.0224. The molecule has 0 fully saturated rings. The van der Waals surface area contributed by atoms with Crippen LogP contribution in [0, 0.1) is 10.1 Å². The van der Waals surface area contributed by atoms with E-state index in [1.165, 1.54) is 6.07 Å². The third-order valence-electron chi connectivity index (χ3n) is 2.48. The molecule has 0 aliphatic carbocycles. The first-order valence-electron chi connectivity index (χ1n) is 5.61. The zero-order valence-electron chi connectivity index (χ0n) is 10.5. The number of aliphatic carboxylic acids is 1. The van der Waals surface area contributed by atoms with Crippen LogP contribution in [-0.4, -0.2) is 33.6 Å². The molecular weight excluding hydrogens is 274 g/mol. The molecule has 1 heterocycles. The molecule has 0 amide bonds. The molecule has 0 unspecified atom stereocenters. The summed E-state index contributed by atoms with van der Waals surface area (Å²) in [5.41, 5.74) is -0.198. The molecule has 1 rings (SSSR count). The van der Waals surface area contributed by atoms with Crippen molar-refractivity contribution in [2.45, 2.75) is 26.3 Å². The SMILES string of the molecule is CC(C)N(CCC(=O)O)c1ncc([N+](=O)[O-])cc1Cl. The lowest BCUT2D eigenvalue weighted by atomic mass is 10.2. The Balaban J connectivity index is 3.02. The van der Waals surface area contributed by atoms with Gasteiger partial charge in [-0.05, 0) is 13.8 Å². The van der Waals surface area contributed by atoms with Gasteiger partial charge in [-0.1, -0.05) is 11.6 Å². The van der Waals surface area contributed by atoms with Gasteiger partial charge in [-0.2, -0.15) is 0 Å². The predicted molar refractivity (Wildman–Crippen MR) is 70.6 cm³/mol. The number of aromatic nitrogens is 1. The average Bonchev–Trinajstić information content (AvgIpc) is 2.30. The maximum absolute atomic E-state index is 10.6. The highest BCUT2D eigenvalue weighted by atomic mass is 35.5. The topological polar surface area (TPSA) is 96.6 Å². The van der Waals surface area contributed by atoms with Gasteiger partial charge in [0.15, 0.2) is 0 Å². The number of carboxylic acids is 1. The van der Waals surface area contributed by atoms with Crippen LogP contribution in [0.3, 0.4) is 0 Å².